The minimum atomic E-state index is -0.655. The van der Waals surface area contributed by atoms with Crippen LogP contribution in [0, 0.1) is 5.92 Å². The first kappa shape index (κ1) is 22.4. The number of aliphatic hydroxyl groups excluding tert-OH is 1. The fourth-order valence-corrected chi connectivity index (χ4v) is 4.48. The minimum Gasteiger partial charge on any atom is -0.390 e. The molecule has 0 aliphatic carbocycles. The van der Waals surface area contributed by atoms with Gasteiger partial charge in [0.05, 0.1) is 12.0 Å². The molecule has 0 fully saturated rings. The number of aryl methyl sites for hydroxylation is 1. The van der Waals surface area contributed by atoms with Crippen LogP contribution in [-0.2, 0) is 30.7 Å². The summed E-state index contributed by atoms with van der Waals surface area (Å²) < 4.78 is 1.88. The van der Waals surface area contributed by atoms with Gasteiger partial charge in [-0.05, 0) is 24.0 Å². The van der Waals surface area contributed by atoms with E-state index in [0.717, 1.165) is 25.3 Å². The molecule has 2 aliphatic rings. The van der Waals surface area contributed by atoms with Crippen molar-refractivity contribution in [2.45, 2.75) is 38.5 Å². The minimum absolute atomic E-state index is 0.00994. The monoisotopic (exact) mass is 440 g/mol. The number of nitrogens with two attached hydrogens (primary N) is 1. The third-order valence-corrected chi connectivity index (χ3v) is 6.22. The average molecular weight is 441 g/mol. The Labute approximate surface area is 188 Å². The maximum absolute atomic E-state index is 12.6. The van der Waals surface area contributed by atoms with E-state index in [0.29, 0.717) is 44.7 Å². The van der Waals surface area contributed by atoms with E-state index in [9.17, 15) is 14.7 Å². The van der Waals surface area contributed by atoms with Gasteiger partial charge in [0.2, 0.25) is 5.91 Å². The molecule has 9 heteroatoms. The van der Waals surface area contributed by atoms with Gasteiger partial charge in [-0.25, -0.2) is 4.98 Å². The Morgan fingerprint density at radius 1 is 1.22 bits per heavy atom. The lowest BCUT2D eigenvalue weighted by molar-refractivity contribution is -0.125. The van der Waals surface area contributed by atoms with E-state index < -0.39 is 6.10 Å². The van der Waals surface area contributed by atoms with Gasteiger partial charge in [0.25, 0.3) is 5.91 Å². The van der Waals surface area contributed by atoms with E-state index in [-0.39, 0.29) is 24.3 Å². The van der Waals surface area contributed by atoms with Gasteiger partial charge in [0.15, 0.2) is 0 Å². The number of nitrogens with zero attached hydrogens (tertiary/aromatic N) is 3. The van der Waals surface area contributed by atoms with E-state index in [1.54, 1.807) is 6.20 Å². The molecule has 0 saturated heterocycles. The van der Waals surface area contributed by atoms with E-state index >= 15 is 0 Å². The van der Waals surface area contributed by atoms with Gasteiger partial charge in [-0.3, -0.25) is 14.5 Å². The Morgan fingerprint density at radius 3 is 2.84 bits per heavy atom. The predicted molar refractivity (Wildman–Crippen MR) is 120 cm³/mol. The lowest BCUT2D eigenvalue weighted by Gasteiger charge is -2.30. The largest absolute Gasteiger partial charge is 0.390 e. The maximum atomic E-state index is 12.6. The van der Waals surface area contributed by atoms with E-state index in [1.165, 1.54) is 11.1 Å². The van der Waals surface area contributed by atoms with Crippen molar-refractivity contribution < 1.29 is 14.7 Å². The molecule has 1 unspecified atom stereocenters. The molecule has 2 aromatic rings. The number of hydrogen-bond donors (Lipinski definition) is 4. The van der Waals surface area contributed by atoms with Crippen molar-refractivity contribution in [3.05, 3.63) is 53.1 Å². The molecule has 172 valence electrons. The fourth-order valence-electron chi connectivity index (χ4n) is 4.48. The van der Waals surface area contributed by atoms with Crippen LogP contribution in [0.5, 0.6) is 0 Å². The number of hydrogen-bond acceptors (Lipinski definition) is 6. The number of amides is 2. The molecule has 2 atom stereocenters. The van der Waals surface area contributed by atoms with E-state index in [2.05, 4.69) is 38.7 Å². The summed E-state index contributed by atoms with van der Waals surface area (Å²) in [7, 11) is 0. The Balaban J connectivity index is 1.25. The highest BCUT2D eigenvalue weighted by Gasteiger charge is 2.27. The number of rotatable bonds is 8. The molecule has 0 radical (unpaired) electrons. The molecule has 0 bridgehead atoms. The molecule has 3 heterocycles. The average Bonchev–Trinajstić information content (AvgIpc) is 3.24. The lowest BCUT2D eigenvalue weighted by Crippen LogP contribution is -2.42. The van der Waals surface area contributed by atoms with E-state index in [1.807, 2.05) is 10.6 Å². The molecule has 0 spiro atoms. The number of aliphatic hydroxyl groups is 1. The number of imidazole rings is 1. The second kappa shape index (κ2) is 10.2. The number of β-amino-alcohol motifs (C(OH)–C–C–N with tert-alkyl or cyclic N) is 1. The van der Waals surface area contributed by atoms with Crippen LogP contribution in [0.2, 0.25) is 0 Å². The summed E-state index contributed by atoms with van der Waals surface area (Å²) in [6, 6.07) is 8.38. The highest BCUT2D eigenvalue weighted by molar-refractivity contribution is 5.92. The van der Waals surface area contributed by atoms with E-state index in [4.69, 9.17) is 5.73 Å². The van der Waals surface area contributed by atoms with Crippen LogP contribution in [0.3, 0.4) is 0 Å². The van der Waals surface area contributed by atoms with Crippen LogP contribution in [0.15, 0.2) is 30.5 Å². The van der Waals surface area contributed by atoms with Crippen molar-refractivity contribution in [2.24, 2.45) is 11.7 Å². The number of aromatic nitrogens is 2. The predicted octanol–water partition coefficient (Wildman–Crippen LogP) is -0.331. The Morgan fingerprint density at radius 2 is 2.03 bits per heavy atom. The first-order chi connectivity index (χ1) is 15.5. The summed E-state index contributed by atoms with van der Waals surface area (Å²) in [6.07, 6.45) is 3.36. The number of nitrogens with one attached hydrogen (secondary N) is 2. The quantitative estimate of drug-likeness (QED) is 0.445. The van der Waals surface area contributed by atoms with Crippen molar-refractivity contribution in [1.82, 2.24) is 25.1 Å². The van der Waals surface area contributed by atoms with Crippen LogP contribution in [-0.4, -0.2) is 70.2 Å². The van der Waals surface area contributed by atoms with Crippen LogP contribution in [0.25, 0.3) is 0 Å². The van der Waals surface area contributed by atoms with Gasteiger partial charge < -0.3 is 26.0 Å². The van der Waals surface area contributed by atoms with Gasteiger partial charge in [-0.2, -0.15) is 0 Å². The number of carbonyl (C=O) groups is 2. The number of carbonyl (C=O) groups excluding carboxylic acids is 2. The number of benzene rings is 1. The topological polar surface area (TPSA) is 126 Å². The van der Waals surface area contributed by atoms with Crippen molar-refractivity contribution >= 4 is 11.8 Å². The molecular weight excluding hydrogens is 408 g/mol. The summed E-state index contributed by atoms with van der Waals surface area (Å²) in [5.41, 5.74) is 8.44. The zero-order valence-corrected chi connectivity index (χ0v) is 18.3. The Bertz CT molecular complexity index is 959. The van der Waals surface area contributed by atoms with Crippen LogP contribution < -0.4 is 16.4 Å². The van der Waals surface area contributed by atoms with Gasteiger partial charge in [0, 0.05) is 58.4 Å². The second-order valence-corrected chi connectivity index (χ2v) is 8.63. The first-order valence-electron chi connectivity index (χ1n) is 11.3. The smallest absolute Gasteiger partial charge is 0.271 e. The Kier molecular flexibility index (Phi) is 7.19. The molecule has 1 aromatic carbocycles. The summed E-state index contributed by atoms with van der Waals surface area (Å²) in [4.78, 5) is 31.4. The molecule has 2 aliphatic heterocycles. The normalized spacial score (nSPS) is 19.0. The van der Waals surface area contributed by atoms with Gasteiger partial charge >= 0.3 is 0 Å². The molecular formula is C23H32N6O3. The second-order valence-electron chi connectivity index (χ2n) is 8.63. The zero-order valence-electron chi connectivity index (χ0n) is 18.3. The molecule has 0 saturated carbocycles. The molecule has 5 N–H and O–H groups in total. The molecule has 9 nitrogen and oxygen atoms in total. The zero-order chi connectivity index (χ0) is 22.5. The Hall–Kier alpha value is -2.75. The van der Waals surface area contributed by atoms with Crippen molar-refractivity contribution in [2.75, 3.05) is 32.7 Å². The molecule has 2 amide bonds. The SMILES string of the molecule is NCCNC(=O)C1CCc2nc(C(=O)NC[C@H](O)CN3CCc4ccccc4C3)cn2C1. The lowest BCUT2D eigenvalue weighted by atomic mass is 9.98. The standard InChI is InChI=1S/C23H32N6O3/c24-8-9-25-22(31)18-5-6-21-27-20(15-29(21)13-18)23(32)26-11-19(30)14-28-10-7-16-3-1-2-4-17(16)12-28/h1-4,15,18-19,30H,5-14,24H2,(H,25,31)(H,26,32)/t18?,19-/m0/s1. The maximum Gasteiger partial charge on any atom is 0.271 e. The third kappa shape index (κ3) is 5.35. The van der Waals surface area contributed by atoms with Crippen LogP contribution in [0.1, 0.15) is 33.9 Å². The summed E-state index contributed by atoms with van der Waals surface area (Å²) in [6.45, 7) is 3.77. The van der Waals surface area contributed by atoms with Gasteiger partial charge in [0.1, 0.15) is 11.5 Å². The highest BCUT2D eigenvalue weighted by atomic mass is 16.3. The third-order valence-electron chi connectivity index (χ3n) is 6.22. The molecule has 4 rings (SSSR count). The highest BCUT2D eigenvalue weighted by Crippen LogP contribution is 2.21. The summed E-state index contributed by atoms with van der Waals surface area (Å²) >= 11 is 0. The van der Waals surface area contributed by atoms with Gasteiger partial charge in [-0.15, -0.1) is 0 Å². The van der Waals surface area contributed by atoms with Gasteiger partial charge in [-0.1, -0.05) is 24.3 Å². The van der Waals surface area contributed by atoms with Crippen LogP contribution in [0.4, 0.5) is 0 Å². The van der Waals surface area contributed by atoms with Crippen molar-refractivity contribution in [3.8, 4) is 0 Å². The molecule has 1 aromatic heterocycles. The first-order valence-corrected chi connectivity index (χ1v) is 11.3. The van der Waals surface area contributed by atoms with Crippen molar-refractivity contribution in [3.63, 3.8) is 0 Å². The summed E-state index contributed by atoms with van der Waals surface area (Å²) in [5.74, 6) is 0.351. The van der Waals surface area contributed by atoms with Crippen LogP contribution >= 0.6 is 0 Å². The number of fused-ring (bicyclic) bond motifs is 2. The van der Waals surface area contributed by atoms with Crippen molar-refractivity contribution in [1.29, 1.82) is 0 Å². The molecule has 32 heavy (non-hydrogen) atoms. The summed E-state index contributed by atoms with van der Waals surface area (Å²) in [5, 5.41) is 16.1. The fraction of sp³-hybridized carbons (Fsp3) is 0.522.